The standard InChI is InChI=1S/C8H5BrNO/c1-5-10-7-4-2-3-6(9)8(7)11-5/h2-4H,1H2. The van der Waals surface area contributed by atoms with Crippen LogP contribution in [0.1, 0.15) is 5.89 Å². The Labute approximate surface area is 72.4 Å². The zero-order chi connectivity index (χ0) is 7.84. The van der Waals surface area contributed by atoms with Crippen LogP contribution in [0.15, 0.2) is 27.1 Å². The van der Waals surface area contributed by atoms with E-state index < -0.39 is 0 Å². The van der Waals surface area contributed by atoms with Gasteiger partial charge in [-0.15, -0.1) is 0 Å². The van der Waals surface area contributed by atoms with Gasteiger partial charge in [-0.1, -0.05) is 6.07 Å². The van der Waals surface area contributed by atoms with E-state index in [2.05, 4.69) is 27.8 Å². The van der Waals surface area contributed by atoms with Gasteiger partial charge in [0.25, 0.3) is 0 Å². The van der Waals surface area contributed by atoms with Crippen LogP contribution in [0.25, 0.3) is 11.1 Å². The number of oxazole rings is 1. The van der Waals surface area contributed by atoms with Gasteiger partial charge in [-0.05, 0) is 28.1 Å². The fraction of sp³-hybridized carbons (Fsp3) is 0. The lowest BCUT2D eigenvalue weighted by molar-refractivity contribution is 0.577. The number of hydrogen-bond acceptors (Lipinski definition) is 2. The first kappa shape index (κ1) is 6.85. The highest BCUT2D eigenvalue weighted by Crippen LogP contribution is 2.23. The highest BCUT2D eigenvalue weighted by Gasteiger charge is 2.03. The zero-order valence-corrected chi connectivity index (χ0v) is 7.26. The van der Waals surface area contributed by atoms with Crippen LogP contribution in [-0.4, -0.2) is 4.98 Å². The SMILES string of the molecule is [CH2]c1nc2cccc(Br)c2o1. The van der Waals surface area contributed by atoms with Crippen LogP contribution >= 0.6 is 15.9 Å². The van der Waals surface area contributed by atoms with Crippen molar-refractivity contribution in [3.8, 4) is 0 Å². The first-order valence-electron chi connectivity index (χ1n) is 3.14. The number of hydrogen-bond donors (Lipinski definition) is 0. The van der Waals surface area contributed by atoms with Gasteiger partial charge in [-0.3, -0.25) is 0 Å². The van der Waals surface area contributed by atoms with Crippen LogP contribution in [0.3, 0.4) is 0 Å². The second-order valence-electron chi connectivity index (χ2n) is 2.20. The molecule has 1 aromatic heterocycles. The van der Waals surface area contributed by atoms with E-state index in [9.17, 15) is 0 Å². The van der Waals surface area contributed by atoms with Crippen LogP contribution in [-0.2, 0) is 0 Å². The van der Waals surface area contributed by atoms with Gasteiger partial charge >= 0.3 is 0 Å². The summed E-state index contributed by atoms with van der Waals surface area (Å²) in [6.07, 6.45) is 0. The van der Waals surface area contributed by atoms with Gasteiger partial charge in [0.1, 0.15) is 5.52 Å². The Balaban J connectivity index is 2.90. The molecule has 0 aliphatic rings. The number of halogens is 1. The van der Waals surface area contributed by atoms with Crippen LogP contribution in [0.2, 0.25) is 0 Å². The molecule has 11 heavy (non-hydrogen) atoms. The van der Waals surface area contributed by atoms with E-state index in [4.69, 9.17) is 4.42 Å². The van der Waals surface area contributed by atoms with Crippen LogP contribution in [0, 0.1) is 6.92 Å². The van der Waals surface area contributed by atoms with E-state index in [-0.39, 0.29) is 0 Å². The average molecular weight is 211 g/mol. The lowest BCUT2D eigenvalue weighted by Crippen LogP contribution is -1.67. The van der Waals surface area contributed by atoms with Gasteiger partial charge in [-0.25, -0.2) is 4.98 Å². The summed E-state index contributed by atoms with van der Waals surface area (Å²) >= 11 is 3.35. The molecule has 0 atom stereocenters. The summed E-state index contributed by atoms with van der Waals surface area (Å²) in [6, 6.07) is 5.71. The van der Waals surface area contributed by atoms with Gasteiger partial charge in [0.15, 0.2) is 11.5 Å². The highest BCUT2D eigenvalue weighted by atomic mass is 79.9. The molecule has 0 aliphatic carbocycles. The van der Waals surface area contributed by atoms with Crippen LogP contribution in [0.5, 0.6) is 0 Å². The van der Waals surface area contributed by atoms with Gasteiger partial charge in [0.05, 0.1) is 4.47 Å². The third kappa shape index (κ3) is 1.05. The van der Waals surface area contributed by atoms with Crippen molar-refractivity contribution in [2.45, 2.75) is 0 Å². The van der Waals surface area contributed by atoms with Crippen molar-refractivity contribution in [2.24, 2.45) is 0 Å². The number of fused-ring (bicyclic) bond motifs is 1. The predicted octanol–water partition coefficient (Wildman–Crippen LogP) is 2.77. The summed E-state index contributed by atoms with van der Waals surface area (Å²) in [5.41, 5.74) is 1.60. The normalized spacial score (nSPS) is 10.7. The molecule has 1 heterocycles. The van der Waals surface area contributed by atoms with Gasteiger partial charge in [0.2, 0.25) is 0 Å². The van der Waals surface area contributed by atoms with E-state index in [0.717, 1.165) is 15.6 Å². The Morgan fingerprint density at radius 2 is 2.27 bits per heavy atom. The molecule has 0 spiro atoms. The molecule has 1 radical (unpaired) electrons. The predicted molar refractivity (Wildman–Crippen MR) is 46.2 cm³/mol. The van der Waals surface area contributed by atoms with E-state index in [0.29, 0.717) is 5.89 Å². The summed E-state index contributed by atoms with van der Waals surface area (Å²) in [4.78, 5) is 4.07. The lowest BCUT2D eigenvalue weighted by atomic mass is 10.3. The smallest absolute Gasteiger partial charge is 0.196 e. The third-order valence-electron chi connectivity index (χ3n) is 1.41. The minimum Gasteiger partial charge on any atom is -0.439 e. The molecular formula is C8H5BrNO. The number of rotatable bonds is 0. The Morgan fingerprint density at radius 3 is 3.00 bits per heavy atom. The molecule has 1 aromatic carbocycles. The second-order valence-corrected chi connectivity index (χ2v) is 3.05. The maximum atomic E-state index is 5.23. The van der Waals surface area contributed by atoms with Gasteiger partial charge in [0, 0.05) is 6.92 Å². The molecule has 0 saturated carbocycles. The van der Waals surface area contributed by atoms with Crippen LogP contribution in [0.4, 0.5) is 0 Å². The number of nitrogens with zero attached hydrogens (tertiary/aromatic N) is 1. The summed E-state index contributed by atoms with van der Waals surface area (Å²) in [7, 11) is 0. The Hall–Kier alpha value is -0.830. The van der Waals surface area contributed by atoms with E-state index in [1.807, 2.05) is 18.2 Å². The summed E-state index contributed by atoms with van der Waals surface area (Å²) in [5.74, 6) is 0.451. The molecule has 55 valence electrons. The van der Waals surface area contributed by atoms with Crippen LogP contribution < -0.4 is 0 Å². The van der Waals surface area contributed by atoms with Gasteiger partial charge in [-0.2, -0.15) is 0 Å². The summed E-state index contributed by atoms with van der Waals surface area (Å²) in [6.45, 7) is 3.60. The van der Waals surface area contributed by atoms with E-state index in [1.165, 1.54) is 0 Å². The molecule has 2 aromatic rings. The van der Waals surface area contributed by atoms with Crippen molar-refractivity contribution in [1.82, 2.24) is 4.98 Å². The number of para-hydroxylation sites is 1. The largest absolute Gasteiger partial charge is 0.439 e. The molecule has 2 nitrogen and oxygen atoms in total. The summed E-state index contributed by atoms with van der Waals surface area (Å²) in [5, 5.41) is 0. The molecule has 0 unspecified atom stereocenters. The fourth-order valence-electron chi connectivity index (χ4n) is 0.962. The minimum atomic E-state index is 0.451. The first-order valence-corrected chi connectivity index (χ1v) is 3.94. The molecule has 0 saturated heterocycles. The van der Waals surface area contributed by atoms with Crippen molar-refractivity contribution in [3.63, 3.8) is 0 Å². The maximum Gasteiger partial charge on any atom is 0.196 e. The first-order chi connectivity index (χ1) is 5.27. The molecular weight excluding hydrogens is 206 g/mol. The molecule has 0 aliphatic heterocycles. The average Bonchev–Trinajstić information content (AvgIpc) is 2.31. The zero-order valence-electron chi connectivity index (χ0n) is 5.67. The maximum absolute atomic E-state index is 5.23. The minimum absolute atomic E-state index is 0.451. The van der Waals surface area contributed by atoms with Gasteiger partial charge < -0.3 is 4.42 Å². The van der Waals surface area contributed by atoms with Crippen molar-refractivity contribution >= 4 is 27.0 Å². The number of aromatic nitrogens is 1. The van der Waals surface area contributed by atoms with Crippen molar-refractivity contribution in [3.05, 3.63) is 35.5 Å². The highest BCUT2D eigenvalue weighted by molar-refractivity contribution is 9.10. The van der Waals surface area contributed by atoms with E-state index in [1.54, 1.807) is 0 Å². The Bertz CT molecular complexity index is 394. The Morgan fingerprint density at radius 1 is 1.45 bits per heavy atom. The molecule has 0 fully saturated rings. The Kier molecular flexibility index (Phi) is 1.46. The second kappa shape index (κ2) is 2.34. The fourth-order valence-corrected chi connectivity index (χ4v) is 1.40. The molecule has 0 bridgehead atoms. The molecule has 2 rings (SSSR count). The molecule has 3 heteroatoms. The lowest BCUT2D eigenvalue weighted by Gasteiger charge is -1.87. The van der Waals surface area contributed by atoms with Crippen molar-refractivity contribution < 1.29 is 4.42 Å². The van der Waals surface area contributed by atoms with Crippen molar-refractivity contribution in [2.75, 3.05) is 0 Å². The monoisotopic (exact) mass is 210 g/mol. The quantitative estimate of drug-likeness (QED) is 0.669. The molecule has 0 N–H and O–H groups in total. The third-order valence-corrected chi connectivity index (χ3v) is 2.04. The molecule has 0 amide bonds. The number of benzene rings is 1. The van der Waals surface area contributed by atoms with E-state index >= 15 is 0 Å². The topological polar surface area (TPSA) is 26.0 Å². The summed E-state index contributed by atoms with van der Waals surface area (Å²) < 4.78 is 6.14. The van der Waals surface area contributed by atoms with Crippen molar-refractivity contribution in [1.29, 1.82) is 0 Å².